The first-order valence-electron chi connectivity index (χ1n) is 5.62. The summed E-state index contributed by atoms with van der Waals surface area (Å²) in [5.41, 5.74) is 6.89. The van der Waals surface area contributed by atoms with Gasteiger partial charge in [0, 0.05) is 19.0 Å². The third-order valence-corrected chi connectivity index (χ3v) is 3.48. The highest BCUT2D eigenvalue weighted by atomic mass is 16.2. The van der Waals surface area contributed by atoms with Gasteiger partial charge in [0.05, 0.1) is 5.54 Å². The Hall–Kier alpha value is -1.35. The van der Waals surface area contributed by atoms with Crippen LogP contribution in [0, 0.1) is 0 Å². The van der Waals surface area contributed by atoms with E-state index in [-0.39, 0.29) is 17.5 Å². The van der Waals surface area contributed by atoms with Gasteiger partial charge in [0.1, 0.15) is 0 Å². The van der Waals surface area contributed by atoms with Crippen molar-refractivity contribution >= 4 is 5.91 Å². The lowest BCUT2D eigenvalue weighted by Crippen LogP contribution is -2.49. The Morgan fingerprint density at radius 1 is 1.38 bits per heavy atom. The molecule has 0 saturated carbocycles. The first-order chi connectivity index (χ1) is 7.51. The van der Waals surface area contributed by atoms with Crippen LogP contribution in [-0.4, -0.2) is 22.4 Å². The summed E-state index contributed by atoms with van der Waals surface area (Å²) in [6.07, 6.45) is 0.458. The van der Waals surface area contributed by atoms with Crippen molar-refractivity contribution in [2.75, 3.05) is 0 Å². The van der Waals surface area contributed by atoms with Gasteiger partial charge in [0.25, 0.3) is 0 Å². The van der Waals surface area contributed by atoms with Crippen molar-refractivity contribution in [2.45, 2.75) is 38.4 Å². The third kappa shape index (κ3) is 1.83. The SMILES string of the molecule is CC1(C)C(N)CC(=O)N1Cc1ccccc1. The quantitative estimate of drug-likeness (QED) is 0.818. The molecule has 1 atom stereocenters. The zero-order valence-corrected chi connectivity index (χ0v) is 9.81. The summed E-state index contributed by atoms with van der Waals surface area (Å²) in [5, 5.41) is 0. The van der Waals surface area contributed by atoms with E-state index in [0.29, 0.717) is 13.0 Å². The highest BCUT2D eigenvalue weighted by molar-refractivity contribution is 5.80. The average Bonchev–Trinajstić information content (AvgIpc) is 2.43. The van der Waals surface area contributed by atoms with Gasteiger partial charge >= 0.3 is 0 Å². The lowest BCUT2D eigenvalue weighted by Gasteiger charge is -2.34. The fourth-order valence-electron chi connectivity index (χ4n) is 2.13. The molecule has 1 aliphatic rings. The minimum atomic E-state index is -0.243. The fourth-order valence-corrected chi connectivity index (χ4v) is 2.13. The Bertz CT molecular complexity index is 386. The first kappa shape index (κ1) is 11.1. The molecule has 0 aliphatic carbocycles. The van der Waals surface area contributed by atoms with E-state index in [1.54, 1.807) is 0 Å². The van der Waals surface area contributed by atoms with Gasteiger partial charge in [-0.1, -0.05) is 30.3 Å². The van der Waals surface area contributed by atoms with Gasteiger partial charge in [0.15, 0.2) is 0 Å². The number of carbonyl (C=O) groups is 1. The van der Waals surface area contributed by atoms with Crippen molar-refractivity contribution in [3.05, 3.63) is 35.9 Å². The van der Waals surface area contributed by atoms with E-state index in [1.165, 1.54) is 0 Å². The molecule has 3 nitrogen and oxygen atoms in total. The Kier molecular flexibility index (Phi) is 2.72. The van der Waals surface area contributed by atoms with Crippen molar-refractivity contribution in [1.82, 2.24) is 4.90 Å². The van der Waals surface area contributed by atoms with Gasteiger partial charge in [-0.3, -0.25) is 4.79 Å². The van der Waals surface area contributed by atoms with Crippen molar-refractivity contribution in [3.8, 4) is 0 Å². The van der Waals surface area contributed by atoms with Crippen molar-refractivity contribution < 1.29 is 4.79 Å². The third-order valence-electron chi connectivity index (χ3n) is 3.48. The maximum atomic E-state index is 11.9. The van der Waals surface area contributed by atoms with E-state index in [9.17, 15) is 4.79 Å². The molecule has 2 N–H and O–H groups in total. The molecule has 1 heterocycles. The van der Waals surface area contributed by atoms with Crippen LogP contribution in [0.25, 0.3) is 0 Å². The predicted molar refractivity (Wildman–Crippen MR) is 63.7 cm³/mol. The second-order valence-corrected chi connectivity index (χ2v) is 4.93. The van der Waals surface area contributed by atoms with Crippen molar-refractivity contribution in [3.63, 3.8) is 0 Å². The van der Waals surface area contributed by atoms with Crippen LogP contribution in [0.4, 0.5) is 0 Å². The van der Waals surface area contributed by atoms with Crippen molar-refractivity contribution in [1.29, 1.82) is 0 Å². The lowest BCUT2D eigenvalue weighted by molar-refractivity contribution is -0.131. The molecule has 1 saturated heterocycles. The Morgan fingerprint density at radius 3 is 2.50 bits per heavy atom. The zero-order chi connectivity index (χ0) is 11.8. The summed E-state index contributed by atoms with van der Waals surface area (Å²) in [6, 6.07) is 9.96. The van der Waals surface area contributed by atoms with Gasteiger partial charge in [0.2, 0.25) is 5.91 Å². The molecule has 16 heavy (non-hydrogen) atoms. The van der Waals surface area contributed by atoms with Crippen LogP contribution in [0.3, 0.4) is 0 Å². The number of nitrogens with zero attached hydrogens (tertiary/aromatic N) is 1. The number of benzene rings is 1. The number of hydrogen-bond donors (Lipinski definition) is 1. The smallest absolute Gasteiger partial charge is 0.225 e. The van der Waals surface area contributed by atoms with E-state index in [0.717, 1.165) is 5.56 Å². The molecule has 0 spiro atoms. The van der Waals surface area contributed by atoms with E-state index >= 15 is 0 Å². The molecular formula is C13H18N2O. The Labute approximate surface area is 96.2 Å². The lowest BCUT2D eigenvalue weighted by atomic mass is 9.96. The summed E-state index contributed by atoms with van der Waals surface area (Å²) in [4.78, 5) is 13.7. The highest BCUT2D eigenvalue weighted by Gasteiger charge is 2.43. The monoisotopic (exact) mass is 218 g/mol. The summed E-state index contributed by atoms with van der Waals surface area (Å²) < 4.78 is 0. The van der Waals surface area contributed by atoms with Gasteiger partial charge in [-0.25, -0.2) is 0 Å². The highest BCUT2D eigenvalue weighted by Crippen LogP contribution is 2.30. The molecule has 86 valence electrons. The van der Waals surface area contributed by atoms with E-state index in [4.69, 9.17) is 5.73 Å². The summed E-state index contributed by atoms with van der Waals surface area (Å²) >= 11 is 0. The number of nitrogens with two attached hydrogens (primary N) is 1. The molecule has 1 aliphatic heterocycles. The van der Waals surface area contributed by atoms with E-state index < -0.39 is 0 Å². The maximum Gasteiger partial charge on any atom is 0.225 e. The summed E-state index contributed by atoms with van der Waals surface area (Å²) in [7, 11) is 0. The largest absolute Gasteiger partial charge is 0.332 e. The normalized spacial score (nSPS) is 23.8. The van der Waals surface area contributed by atoms with E-state index in [2.05, 4.69) is 0 Å². The molecule has 0 aromatic heterocycles. The standard InChI is InChI=1S/C13H18N2O/c1-13(2)11(14)8-12(16)15(13)9-10-6-4-3-5-7-10/h3-7,11H,8-9,14H2,1-2H3. The maximum absolute atomic E-state index is 11.9. The van der Waals surface area contributed by atoms with Crippen LogP contribution in [0.5, 0.6) is 0 Å². The van der Waals surface area contributed by atoms with E-state index in [1.807, 2.05) is 49.1 Å². The molecule has 1 unspecified atom stereocenters. The molecule has 0 bridgehead atoms. The molecular weight excluding hydrogens is 200 g/mol. The first-order valence-corrected chi connectivity index (χ1v) is 5.62. The van der Waals surface area contributed by atoms with Crippen LogP contribution < -0.4 is 5.73 Å². The molecule has 1 fully saturated rings. The van der Waals surface area contributed by atoms with Gasteiger partial charge < -0.3 is 10.6 Å². The van der Waals surface area contributed by atoms with Crippen molar-refractivity contribution in [2.24, 2.45) is 5.73 Å². The fraction of sp³-hybridized carbons (Fsp3) is 0.462. The molecule has 1 amide bonds. The van der Waals surface area contributed by atoms with Crippen LogP contribution in [0.2, 0.25) is 0 Å². The Morgan fingerprint density at radius 2 is 2.00 bits per heavy atom. The topological polar surface area (TPSA) is 46.3 Å². The van der Waals surface area contributed by atoms with Gasteiger partial charge in [-0.2, -0.15) is 0 Å². The van der Waals surface area contributed by atoms with Crippen LogP contribution in [0.15, 0.2) is 30.3 Å². The summed E-state index contributed by atoms with van der Waals surface area (Å²) in [5.74, 6) is 0.154. The van der Waals surface area contributed by atoms with Crippen LogP contribution in [0.1, 0.15) is 25.8 Å². The Balaban J connectivity index is 2.19. The second-order valence-electron chi connectivity index (χ2n) is 4.93. The number of amides is 1. The molecule has 1 aromatic rings. The summed E-state index contributed by atoms with van der Waals surface area (Å²) in [6.45, 7) is 4.72. The minimum absolute atomic E-state index is 0.0660. The minimum Gasteiger partial charge on any atom is -0.332 e. The number of carbonyl (C=O) groups excluding carboxylic acids is 1. The predicted octanol–water partition coefficient (Wildman–Crippen LogP) is 1.52. The zero-order valence-electron chi connectivity index (χ0n) is 9.81. The number of hydrogen-bond acceptors (Lipinski definition) is 2. The molecule has 0 radical (unpaired) electrons. The van der Waals surface area contributed by atoms with Crippen LogP contribution in [-0.2, 0) is 11.3 Å². The molecule has 1 aromatic carbocycles. The number of likely N-dealkylation sites (tertiary alicyclic amines) is 1. The molecule has 2 rings (SSSR count). The number of rotatable bonds is 2. The van der Waals surface area contributed by atoms with Gasteiger partial charge in [-0.05, 0) is 19.4 Å². The molecule has 3 heteroatoms. The average molecular weight is 218 g/mol. The van der Waals surface area contributed by atoms with Gasteiger partial charge in [-0.15, -0.1) is 0 Å². The van der Waals surface area contributed by atoms with Crippen LogP contribution >= 0.6 is 0 Å². The second kappa shape index (κ2) is 3.91.